The Morgan fingerprint density at radius 1 is 1.12 bits per heavy atom. The minimum absolute atomic E-state index is 0.00651. The summed E-state index contributed by atoms with van der Waals surface area (Å²) in [6, 6.07) is 10.8. The predicted octanol–water partition coefficient (Wildman–Crippen LogP) is 2.85. The number of nitrogens with one attached hydrogen (secondary N) is 2. The first-order chi connectivity index (χ1) is 15.2. The summed E-state index contributed by atoms with van der Waals surface area (Å²) in [6.07, 6.45) is 1.97. The van der Waals surface area contributed by atoms with Crippen molar-refractivity contribution in [1.82, 2.24) is 10.0 Å². The Morgan fingerprint density at radius 3 is 2.41 bits per heavy atom. The lowest BCUT2D eigenvalue weighted by Gasteiger charge is -2.33. The molecule has 10 heteroatoms. The number of hydrogen-bond donors (Lipinski definition) is 2. The number of carbonyl (C=O) groups is 1. The third-order valence-electron chi connectivity index (χ3n) is 5.59. The van der Waals surface area contributed by atoms with E-state index in [0.717, 1.165) is 31.5 Å². The van der Waals surface area contributed by atoms with E-state index in [9.17, 15) is 23.3 Å². The van der Waals surface area contributed by atoms with E-state index in [1.54, 1.807) is 18.2 Å². The normalized spacial score (nSPS) is 14.9. The third kappa shape index (κ3) is 5.83. The lowest BCUT2D eigenvalue weighted by Crippen LogP contribution is -2.37. The summed E-state index contributed by atoms with van der Waals surface area (Å²) in [5, 5.41) is 13.9. The largest absolute Gasteiger partial charge is 0.371 e. The van der Waals surface area contributed by atoms with Crippen LogP contribution in [0.15, 0.2) is 47.4 Å². The van der Waals surface area contributed by atoms with Gasteiger partial charge < -0.3 is 10.2 Å². The first kappa shape index (κ1) is 23.7. The molecule has 9 nitrogen and oxygen atoms in total. The molecule has 172 valence electrons. The number of nitrogens with zero attached hydrogens (tertiary/aromatic N) is 2. The van der Waals surface area contributed by atoms with Crippen LogP contribution in [0.1, 0.15) is 35.7 Å². The quantitative estimate of drug-likeness (QED) is 0.355. The fraction of sp³-hybridized carbons (Fsp3) is 0.409. The predicted molar refractivity (Wildman–Crippen MR) is 122 cm³/mol. The van der Waals surface area contributed by atoms with E-state index in [2.05, 4.69) is 21.9 Å². The Morgan fingerprint density at radius 2 is 1.78 bits per heavy atom. The highest BCUT2D eigenvalue weighted by Crippen LogP contribution is 2.29. The lowest BCUT2D eigenvalue weighted by molar-refractivity contribution is -0.384. The number of amides is 1. The zero-order valence-corrected chi connectivity index (χ0v) is 19.0. The van der Waals surface area contributed by atoms with Crippen molar-refractivity contribution >= 4 is 27.3 Å². The summed E-state index contributed by atoms with van der Waals surface area (Å²) in [5.74, 6) is 0.125. The number of hydrogen-bond acceptors (Lipinski definition) is 6. The lowest BCUT2D eigenvalue weighted by atomic mass is 9.98. The number of rotatable bonds is 8. The summed E-state index contributed by atoms with van der Waals surface area (Å²) in [5.41, 5.74) is 1.66. The number of sulfonamides is 1. The molecule has 1 heterocycles. The Kier molecular flexibility index (Phi) is 7.47. The number of aryl methyl sites for hydroxylation is 1. The highest BCUT2D eigenvalue weighted by Gasteiger charge is 2.23. The number of benzene rings is 2. The fourth-order valence-corrected chi connectivity index (χ4v) is 4.63. The van der Waals surface area contributed by atoms with Crippen molar-refractivity contribution in [2.24, 2.45) is 5.92 Å². The number of nitro groups is 1. The van der Waals surface area contributed by atoms with E-state index in [1.165, 1.54) is 24.3 Å². The van der Waals surface area contributed by atoms with Crippen molar-refractivity contribution in [1.29, 1.82) is 0 Å². The topological polar surface area (TPSA) is 122 Å². The Bertz CT molecular complexity index is 1080. The molecule has 0 spiro atoms. The van der Waals surface area contributed by atoms with Crippen molar-refractivity contribution < 1.29 is 18.1 Å². The maximum Gasteiger partial charge on any atom is 0.270 e. The molecule has 1 saturated heterocycles. The zero-order valence-electron chi connectivity index (χ0n) is 18.2. The molecule has 2 aromatic rings. The van der Waals surface area contributed by atoms with E-state index in [-0.39, 0.29) is 29.2 Å². The molecule has 32 heavy (non-hydrogen) atoms. The van der Waals surface area contributed by atoms with Crippen LogP contribution in [0.4, 0.5) is 11.4 Å². The van der Waals surface area contributed by atoms with Crippen LogP contribution in [0.3, 0.4) is 0 Å². The molecule has 1 aliphatic heterocycles. The molecule has 0 aromatic heterocycles. The molecule has 0 bridgehead atoms. The van der Waals surface area contributed by atoms with E-state index in [1.807, 2.05) is 6.92 Å². The van der Waals surface area contributed by atoms with Gasteiger partial charge in [-0.05, 0) is 43.9 Å². The molecule has 0 aliphatic carbocycles. The Labute approximate surface area is 188 Å². The average Bonchev–Trinajstić information content (AvgIpc) is 2.77. The summed E-state index contributed by atoms with van der Waals surface area (Å²) in [4.78, 5) is 25.7. The number of piperidine rings is 1. The van der Waals surface area contributed by atoms with Gasteiger partial charge >= 0.3 is 0 Å². The summed E-state index contributed by atoms with van der Waals surface area (Å²) < 4.78 is 27.2. The maximum absolute atomic E-state index is 12.8. The van der Waals surface area contributed by atoms with Gasteiger partial charge in [0, 0.05) is 38.3 Å². The van der Waals surface area contributed by atoms with Crippen molar-refractivity contribution in [3.8, 4) is 0 Å². The standard InChI is InChI=1S/C22H28N4O5S/c1-16-3-6-19(7-4-16)32(30,31)24-12-11-23-22(27)20-15-18(26(28)29)5-8-21(20)25-13-9-17(2)10-14-25/h3-8,15,17,24H,9-14H2,1-2H3,(H,23,27). The Balaban J connectivity index is 1.66. The molecule has 2 aromatic carbocycles. The molecular formula is C22H28N4O5S. The highest BCUT2D eigenvalue weighted by molar-refractivity contribution is 7.89. The van der Waals surface area contributed by atoms with Gasteiger partial charge in [0.2, 0.25) is 10.0 Å². The summed E-state index contributed by atoms with van der Waals surface area (Å²) in [7, 11) is -3.69. The van der Waals surface area contributed by atoms with Crippen LogP contribution < -0.4 is 14.9 Å². The van der Waals surface area contributed by atoms with Gasteiger partial charge in [-0.3, -0.25) is 14.9 Å². The molecule has 0 atom stereocenters. The third-order valence-corrected chi connectivity index (χ3v) is 7.07. The van der Waals surface area contributed by atoms with E-state index in [0.29, 0.717) is 11.6 Å². The van der Waals surface area contributed by atoms with Crippen molar-refractivity contribution in [3.63, 3.8) is 0 Å². The minimum atomic E-state index is -3.69. The SMILES string of the molecule is Cc1ccc(S(=O)(=O)NCCNC(=O)c2cc([N+](=O)[O-])ccc2N2CCC(C)CC2)cc1. The maximum atomic E-state index is 12.8. The minimum Gasteiger partial charge on any atom is -0.371 e. The van der Waals surface area contributed by atoms with Gasteiger partial charge in [-0.2, -0.15) is 0 Å². The van der Waals surface area contributed by atoms with Gasteiger partial charge in [0.25, 0.3) is 11.6 Å². The van der Waals surface area contributed by atoms with Crippen LogP contribution in [0.5, 0.6) is 0 Å². The summed E-state index contributed by atoms with van der Waals surface area (Å²) >= 11 is 0. The second-order valence-corrected chi connectivity index (χ2v) is 9.86. The van der Waals surface area contributed by atoms with Gasteiger partial charge in [-0.1, -0.05) is 24.6 Å². The van der Waals surface area contributed by atoms with Gasteiger partial charge in [0.05, 0.1) is 21.1 Å². The van der Waals surface area contributed by atoms with Crippen LogP contribution in [0.2, 0.25) is 0 Å². The number of nitro benzene ring substituents is 1. The first-order valence-corrected chi connectivity index (χ1v) is 12.0. The average molecular weight is 461 g/mol. The molecule has 2 N–H and O–H groups in total. The van der Waals surface area contributed by atoms with Crippen LogP contribution in [-0.2, 0) is 10.0 Å². The molecule has 1 amide bonds. The molecule has 3 rings (SSSR count). The van der Waals surface area contributed by atoms with Crippen LogP contribution in [-0.4, -0.2) is 45.4 Å². The van der Waals surface area contributed by atoms with E-state index >= 15 is 0 Å². The molecule has 0 saturated carbocycles. The van der Waals surface area contributed by atoms with Crippen molar-refractivity contribution in [3.05, 3.63) is 63.7 Å². The van der Waals surface area contributed by atoms with Crippen molar-refractivity contribution in [2.75, 3.05) is 31.1 Å². The van der Waals surface area contributed by atoms with Gasteiger partial charge in [-0.15, -0.1) is 0 Å². The molecular weight excluding hydrogens is 432 g/mol. The molecule has 1 aliphatic rings. The monoisotopic (exact) mass is 460 g/mol. The van der Waals surface area contributed by atoms with E-state index in [4.69, 9.17) is 0 Å². The second-order valence-electron chi connectivity index (χ2n) is 8.09. The first-order valence-electron chi connectivity index (χ1n) is 10.6. The Hall–Kier alpha value is -2.98. The number of non-ortho nitro benzene ring substituents is 1. The smallest absolute Gasteiger partial charge is 0.270 e. The van der Waals surface area contributed by atoms with Crippen molar-refractivity contribution in [2.45, 2.75) is 31.6 Å². The van der Waals surface area contributed by atoms with Crippen LogP contribution >= 0.6 is 0 Å². The second kappa shape index (κ2) is 10.1. The van der Waals surface area contributed by atoms with Gasteiger partial charge in [-0.25, -0.2) is 13.1 Å². The molecule has 0 radical (unpaired) electrons. The molecule has 0 unspecified atom stereocenters. The highest BCUT2D eigenvalue weighted by atomic mass is 32.2. The number of anilines is 1. The molecule has 1 fully saturated rings. The van der Waals surface area contributed by atoms with Gasteiger partial charge in [0.1, 0.15) is 0 Å². The van der Waals surface area contributed by atoms with Crippen LogP contribution in [0, 0.1) is 23.0 Å². The van der Waals surface area contributed by atoms with Crippen LogP contribution in [0.25, 0.3) is 0 Å². The fourth-order valence-electron chi connectivity index (χ4n) is 3.60. The van der Waals surface area contributed by atoms with E-state index < -0.39 is 20.9 Å². The zero-order chi connectivity index (χ0) is 23.3. The number of carbonyl (C=O) groups excluding carboxylic acids is 1. The summed E-state index contributed by atoms with van der Waals surface area (Å²) in [6.45, 7) is 5.63. The van der Waals surface area contributed by atoms with Gasteiger partial charge in [0.15, 0.2) is 0 Å².